The van der Waals surface area contributed by atoms with E-state index in [2.05, 4.69) is 0 Å². The number of carbonyl (C=O) groups is 1. The summed E-state index contributed by atoms with van der Waals surface area (Å²) >= 11 is 6.02. The molecule has 1 aromatic carbocycles. The summed E-state index contributed by atoms with van der Waals surface area (Å²) in [6.07, 6.45) is 5.49. The fourth-order valence-corrected chi connectivity index (χ4v) is 2.70. The predicted molar refractivity (Wildman–Crippen MR) is 76.3 cm³/mol. The van der Waals surface area contributed by atoms with Gasteiger partial charge >= 0.3 is 5.97 Å². The molecule has 0 unspecified atom stereocenters. The van der Waals surface area contributed by atoms with Crippen molar-refractivity contribution in [2.24, 2.45) is 13.0 Å². The van der Waals surface area contributed by atoms with Crippen LogP contribution in [0.5, 0.6) is 0 Å². The lowest BCUT2D eigenvalue weighted by atomic mass is 10.0. The molecule has 98 valence electrons. The lowest BCUT2D eigenvalue weighted by Crippen LogP contribution is -1.94. The van der Waals surface area contributed by atoms with Crippen LogP contribution in [0.15, 0.2) is 30.5 Å². The van der Waals surface area contributed by atoms with Crippen molar-refractivity contribution in [2.45, 2.75) is 12.8 Å². The van der Waals surface area contributed by atoms with Crippen LogP contribution in [-0.2, 0) is 11.8 Å². The number of rotatable bonds is 3. The second kappa shape index (κ2) is 4.42. The van der Waals surface area contributed by atoms with Gasteiger partial charge in [-0.2, -0.15) is 0 Å². The molecule has 1 aromatic heterocycles. The zero-order valence-electron chi connectivity index (χ0n) is 10.6. The fraction of sp³-hybridized carbons (Fsp3) is 0.267. The van der Waals surface area contributed by atoms with Gasteiger partial charge < -0.3 is 9.67 Å². The van der Waals surface area contributed by atoms with Crippen LogP contribution in [0, 0.1) is 5.92 Å². The molecule has 0 aliphatic heterocycles. The molecule has 0 saturated heterocycles. The van der Waals surface area contributed by atoms with Crippen molar-refractivity contribution < 1.29 is 9.90 Å². The number of aliphatic carboxylic acids is 1. The smallest absolute Gasteiger partial charge is 0.328 e. The molecule has 0 bridgehead atoms. The summed E-state index contributed by atoms with van der Waals surface area (Å²) in [5.74, 6) is -0.495. The Morgan fingerprint density at radius 2 is 2.21 bits per heavy atom. The number of fused-ring (bicyclic) bond motifs is 1. The van der Waals surface area contributed by atoms with E-state index in [1.807, 2.05) is 36.0 Å². The molecule has 1 fully saturated rings. The first kappa shape index (κ1) is 12.3. The Hall–Kier alpha value is -1.74. The maximum absolute atomic E-state index is 11.0. The summed E-state index contributed by atoms with van der Waals surface area (Å²) in [4.78, 5) is 11.0. The molecule has 1 aliphatic rings. The number of nitrogens with zero attached hydrogens (tertiary/aromatic N) is 1. The van der Waals surface area contributed by atoms with Gasteiger partial charge in [0.25, 0.3) is 0 Å². The maximum atomic E-state index is 11.0. The van der Waals surface area contributed by atoms with E-state index >= 15 is 0 Å². The Bertz CT molecular complexity index is 695. The normalized spacial score (nSPS) is 16.0. The Morgan fingerprint density at radius 1 is 1.47 bits per heavy atom. The van der Waals surface area contributed by atoms with E-state index in [4.69, 9.17) is 16.7 Å². The number of halogens is 1. The van der Waals surface area contributed by atoms with Gasteiger partial charge in [-0.3, -0.25) is 0 Å². The van der Waals surface area contributed by atoms with Gasteiger partial charge in [-0.25, -0.2) is 4.79 Å². The molecular formula is C15H14ClNO2. The Labute approximate surface area is 116 Å². The van der Waals surface area contributed by atoms with Gasteiger partial charge in [0.05, 0.1) is 0 Å². The highest BCUT2D eigenvalue weighted by molar-refractivity contribution is 6.31. The molecule has 1 saturated carbocycles. The number of allylic oxidation sites excluding steroid dienone is 1. The van der Waals surface area contributed by atoms with E-state index in [1.54, 1.807) is 0 Å². The lowest BCUT2D eigenvalue weighted by molar-refractivity contribution is -0.131. The Morgan fingerprint density at radius 3 is 2.84 bits per heavy atom. The van der Waals surface area contributed by atoms with Crippen LogP contribution in [0.25, 0.3) is 16.5 Å². The van der Waals surface area contributed by atoms with Crippen LogP contribution in [0.1, 0.15) is 18.4 Å². The molecule has 0 amide bonds. The van der Waals surface area contributed by atoms with Crippen LogP contribution >= 0.6 is 11.6 Å². The van der Waals surface area contributed by atoms with Gasteiger partial charge in [-0.15, -0.1) is 0 Å². The van der Waals surface area contributed by atoms with E-state index < -0.39 is 5.97 Å². The van der Waals surface area contributed by atoms with Gasteiger partial charge in [0.15, 0.2) is 0 Å². The average molecular weight is 276 g/mol. The monoisotopic (exact) mass is 275 g/mol. The fourth-order valence-electron chi connectivity index (χ4n) is 2.53. The SMILES string of the molecule is Cn1cc(/C(=C/C(=O)O)C2CC2)c2ccc(Cl)cc21. The van der Waals surface area contributed by atoms with Gasteiger partial charge in [-0.05, 0) is 36.5 Å². The summed E-state index contributed by atoms with van der Waals surface area (Å²) in [6.45, 7) is 0. The summed E-state index contributed by atoms with van der Waals surface area (Å²) in [5, 5.41) is 10.8. The Kier molecular flexibility index (Phi) is 2.86. The van der Waals surface area contributed by atoms with Crippen molar-refractivity contribution in [1.82, 2.24) is 4.57 Å². The van der Waals surface area contributed by atoms with Crippen LogP contribution in [0.4, 0.5) is 0 Å². The van der Waals surface area contributed by atoms with Crippen molar-refractivity contribution in [3.05, 3.63) is 41.1 Å². The third kappa shape index (κ3) is 2.26. The van der Waals surface area contributed by atoms with E-state index in [0.29, 0.717) is 10.9 Å². The van der Waals surface area contributed by atoms with Crippen molar-refractivity contribution in [3.8, 4) is 0 Å². The first-order chi connectivity index (χ1) is 9.06. The summed E-state index contributed by atoms with van der Waals surface area (Å²) in [7, 11) is 1.95. The van der Waals surface area contributed by atoms with Crippen LogP contribution in [0.2, 0.25) is 5.02 Å². The summed E-state index contributed by atoms with van der Waals surface area (Å²) in [6, 6.07) is 5.72. The lowest BCUT2D eigenvalue weighted by Gasteiger charge is -2.03. The first-order valence-electron chi connectivity index (χ1n) is 6.25. The van der Waals surface area contributed by atoms with Gasteiger partial charge in [0.2, 0.25) is 0 Å². The zero-order chi connectivity index (χ0) is 13.6. The molecule has 1 heterocycles. The van der Waals surface area contributed by atoms with Crippen molar-refractivity contribution >= 4 is 34.0 Å². The van der Waals surface area contributed by atoms with Crippen molar-refractivity contribution in [1.29, 1.82) is 0 Å². The minimum Gasteiger partial charge on any atom is -0.478 e. The highest BCUT2D eigenvalue weighted by atomic mass is 35.5. The highest BCUT2D eigenvalue weighted by Gasteiger charge is 2.29. The van der Waals surface area contributed by atoms with Gasteiger partial charge in [-0.1, -0.05) is 17.7 Å². The number of aryl methyl sites for hydroxylation is 1. The molecule has 3 nitrogen and oxygen atoms in total. The first-order valence-corrected chi connectivity index (χ1v) is 6.63. The predicted octanol–water partition coefficient (Wildman–Crippen LogP) is 3.71. The van der Waals surface area contributed by atoms with E-state index in [-0.39, 0.29) is 0 Å². The number of benzene rings is 1. The molecule has 3 rings (SSSR count). The second-order valence-electron chi connectivity index (χ2n) is 5.03. The molecule has 0 radical (unpaired) electrons. The van der Waals surface area contributed by atoms with Crippen LogP contribution < -0.4 is 0 Å². The van der Waals surface area contributed by atoms with Gasteiger partial charge in [0, 0.05) is 40.8 Å². The largest absolute Gasteiger partial charge is 0.478 e. The standard InChI is InChI=1S/C15H14ClNO2/c1-17-8-13(11-5-4-10(16)6-14(11)17)12(7-15(18)19)9-2-3-9/h4-9H,2-3H2,1H3,(H,18,19)/b12-7+. The van der Waals surface area contributed by atoms with Gasteiger partial charge in [0.1, 0.15) is 0 Å². The van der Waals surface area contributed by atoms with E-state index in [9.17, 15) is 4.79 Å². The molecule has 0 spiro atoms. The number of carboxylic acids is 1. The molecular weight excluding hydrogens is 262 g/mol. The summed E-state index contributed by atoms with van der Waals surface area (Å²) in [5.41, 5.74) is 2.97. The number of hydrogen-bond acceptors (Lipinski definition) is 1. The third-order valence-corrected chi connectivity index (χ3v) is 3.79. The molecule has 1 N–H and O–H groups in total. The minimum absolute atomic E-state index is 0.386. The maximum Gasteiger partial charge on any atom is 0.328 e. The third-order valence-electron chi connectivity index (χ3n) is 3.56. The van der Waals surface area contributed by atoms with E-state index in [0.717, 1.165) is 34.9 Å². The summed E-state index contributed by atoms with van der Waals surface area (Å²) < 4.78 is 1.99. The molecule has 4 heteroatoms. The zero-order valence-corrected chi connectivity index (χ0v) is 11.3. The topological polar surface area (TPSA) is 42.2 Å². The number of aromatic nitrogens is 1. The second-order valence-corrected chi connectivity index (χ2v) is 5.46. The molecule has 0 atom stereocenters. The van der Waals surface area contributed by atoms with Crippen LogP contribution in [0.3, 0.4) is 0 Å². The quantitative estimate of drug-likeness (QED) is 0.868. The molecule has 1 aliphatic carbocycles. The average Bonchev–Trinajstić information content (AvgIpc) is 3.13. The Balaban J connectivity index is 2.21. The van der Waals surface area contributed by atoms with Crippen molar-refractivity contribution in [3.63, 3.8) is 0 Å². The molecule has 2 aromatic rings. The van der Waals surface area contributed by atoms with E-state index in [1.165, 1.54) is 6.08 Å². The minimum atomic E-state index is -0.882. The highest BCUT2D eigenvalue weighted by Crippen LogP contribution is 2.44. The van der Waals surface area contributed by atoms with Crippen LogP contribution in [-0.4, -0.2) is 15.6 Å². The number of hydrogen-bond donors (Lipinski definition) is 1. The molecule has 19 heavy (non-hydrogen) atoms. The number of carboxylic acid groups (broad SMARTS) is 1. The van der Waals surface area contributed by atoms with Crippen molar-refractivity contribution in [2.75, 3.05) is 0 Å².